The van der Waals surface area contributed by atoms with Gasteiger partial charge in [0.05, 0.1) is 11.8 Å². The highest BCUT2D eigenvalue weighted by atomic mass is 14.8. The van der Waals surface area contributed by atoms with Crippen molar-refractivity contribution in [3.63, 3.8) is 0 Å². The fourth-order valence-electron chi connectivity index (χ4n) is 4.54. The van der Waals surface area contributed by atoms with E-state index in [0.29, 0.717) is 6.04 Å². The SMILES string of the molecule is c1ccc(C(=NC2CCCCC2)c2cc3ccccc3c3ccccc23)cc1. The Hall–Kier alpha value is -2.93. The Kier molecular flexibility index (Phi) is 4.66. The predicted molar refractivity (Wildman–Crippen MR) is 120 cm³/mol. The molecule has 0 N–H and O–H groups in total. The van der Waals surface area contributed by atoms with Gasteiger partial charge in [-0.1, -0.05) is 98.1 Å². The van der Waals surface area contributed by atoms with E-state index in [-0.39, 0.29) is 0 Å². The van der Waals surface area contributed by atoms with Crippen LogP contribution in [0.15, 0.2) is 89.9 Å². The standard InChI is InChI=1S/C27H25N/c1-3-11-20(12-4-1)27(28-22-14-5-2-6-15-22)26-19-21-13-7-8-16-23(21)24-17-9-10-18-25(24)26/h1,3-4,7-13,16-19,22H,2,5-6,14-15H2. The molecule has 0 unspecified atom stereocenters. The number of fused-ring (bicyclic) bond motifs is 3. The average Bonchev–Trinajstić information content (AvgIpc) is 2.78. The van der Waals surface area contributed by atoms with Gasteiger partial charge in [0.2, 0.25) is 0 Å². The fourth-order valence-corrected chi connectivity index (χ4v) is 4.54. The van der Waals surface area contributed by atoms with Crippen LogP contribution in [0.1, 0.15) is 43.2 Å². The van der Waals surface area contributed by atoms with Crippen molar-refractivity contribution in [3.05, 3.63) is 96.1 Å². The molecule has 0 heterocycles. The van der Waals surface area contributed by atoms with E-state index in [9.17, 15) is 0 Å². The van der Waals surface area contributed by atoms with Crippen molar-refractivity contribution in [2.45, 2.75) is 38.1 Å². The van der Waals surface area contributed by atoms with Crippen molar-refractivity contribution in [1.82, 2.24) is 0 Å². The molecule has 0 saturated heterocycles. The number of aliphatic imine (C=N–C) groups is 1. The molecule has 4 aromatic rings. The van der Waals surface area contributed by atoms with Gasteiger partial charge in [-0.25, -0.2) is 0 Å². The summed E-state index contributed by atoms with van der Waals surface area (Å²) in [6.07, 6.45) is 6.37. The second-order valence-corrected chi connectivity index (χ2v) is 7.83. The number of benzene rings is 4. The van der Waals surface area contributed by atoms with Crippen molar-refractivity contribution in [1.29, 1.82) is 0 Å². The van der Waals surface area contributed by atoms with E-state index in [1.807, 2.05) is 0 Å². The topological polar surface area (TPSA) is 12.4 Å². The maximum atomic E-state index is 5.35. The zero-order chi connectivity index (χ0) is 18.8. The van der Waals surface area contributed by atoms with Crippen LogP contribution in [0.4, 0.5) is 0 Å². The lowest BCUT2D eigenvalue weighted by atomic mass is 9.91. The van der Waals surface area contributed by atoms with Crippen LogP contribution < -0.4 is 0 Å². The minimum atomic E-state index is 0.439. The van der Waals surface area contributed by atoms with E-state index < -0.39 is 0 Å². The van der Waals surface area contributed by atoms with Gasteiger partial charge >= 0.3 is 0 Å². The molecule has 1 aliphatic carbocycles. The van der Waals surface area contributed by atoms with Gasteiger partial charge in [0.1, 0.15) is 0 Å². The summed E-state index contributed by atoms with van der Waals surface area (Å²) in [5.74, 6) is 0. The third kappa shape index (κ3) is 3.22. The smallest absolute Gasteiger partial charge is 0.0728 e. The summed E-state index contributed by atoms with van der Waals surface area (Å²) >= 11 is 0. The number of hydrogen-bond donors (Lipinski definition) is 0. The second kappa shape index (κ2) is 7.59. The third-order valence-electron chi connectivity index (χ3n) is 5.96. The maximum Gasteiger partial charge on any atom is 0.0728 e. The Labute approximate surface area is 166 Å². The maximum absolute atomic E-state index is 5.35. The van der Waals surface area contributed by atoms with Crippen LogP contribution in [0.5, 0.6) is 0 Å². The summed E-state index contributed by atoms with van der Waals surface area (Å²) in [6, 6.07) is 31.0. The van der Waals surface area contributed by atoms with E-state index >= 15 is 0 Å². The molecule has 28 heavy (non-hydrogen) atoms. The van der Waals surface area contributed by atoms with Crippen LogP contribution in [0, 0.1) is 0 Å². The first-order valence-corrected chi connectivity index (χ1v) is 10.4. The van der Waals surface area contributed by atoms with Gasteiger partial charge < -0.3 is 0 Å². The first kappa shape index (κ1) is 17.2. The molecule has 0 atom stereocenters. The molecule has 4 aromatic carbocycles. The van der Waals surface area contributed by atoms with Crippen LogP contribution in [0.2, 0.25) is 0 Å². The summed E-state index contributed by atoms with van der Waals surface area (Å²) in [5, 5.41) is 5.19. The zero-order valence-electron chi connectivity index (χ0n) is 16.1. The van der Waals surface area contributed by atoms with Crippen LogP contribution >= 0.6 is 0 Å². The molecule has 0 aromatic heterocycles. The third-order valence-corrected chi connectivity index (χ3v) is 5.96. The normalized spacial score (nSPS) is 15.9. The zero-order valence-corrected chi connectivity index (χ0v) is 16.1. The lowest BCUT2D eigenvalue weighted by molar-refractivity contribution is 0.443. The van der Waals surface area contributed by atoms with Crippen molar-refractivity contribution >= 4 is 27.3 Å². The number of hydrogen-bond acceptors (Lipinski definition) is 1. The Bertz CT molecular complexity index is 1130. The van der Waals surface area contributed by atoms with Crippen molar-refractivity contribution in [2.24, 2.45) is 4.99 Å². The first-order valence-electron chi connectivity index (χ1n) is 10.4. The van der Waals surface area contributed by atoms with Gasteiger partial charge in [0.25, 0.3) is 0 Å². The van der Waals surface area contributed by atoms with Gasteiger partial charge in [-0.15, -0.1) is 0 Å². The molecule has 5 rings (SSSR count). The second-order valence-electron chi connectivity index (χ2n) is 7.83. The minimum absolute atomic E-state index is 0.439. The molecular formula is C27H25N. The predicted octanol–water partition coefficient (Wildman–Crippen LogP) is 7.16. The molecule has 0 aliphatic heterocycles. The van der Waals surface area contributed by atoms with Crippen LogP contribution in [-0.4, -0.2) is 11.8 Å². The summed E-state index contributed by atoms with van der Waals surface area (Å²) in [4.78, 5) is 5.35. The van der Waals surface area contributed by atoms with Crippen LogP contribution in [0.25, 0.3) is 21.5 Å². The highest BCUT2D eigenvalue weighted by molar-refractivity contribution is 6.24. The molecule has 1 heteroatoms. The Morgan fingerprint density at radius 2 is 1.29 bits per heavy atom. The largest absolute Gasteiger partial charge is 0.281 e. The van der Waals surface area contributed by atoms with Crippen molar-refractivity contribution in [2.75, 3.05) is 0 Å². The Balaban J connectivity index is 1.78. The first-order chi connectivity index (χ1) is 13.9. The monoisotopic (exact) mass is 363 g/mol. The summed E-state index contributed by atoms with van der Waals surface area (Å²) in [5.41, 5.74) is 3.62. The average molecular weight is 364 g/mol. The van der Waals surface area contributed by atoms with Gasteiger partial charge in [-0.05, 0) is 40.5 Å². The van der Waals surface area contributed by atoms with Gasteiger partial charge in [0, 0.05) is 11.1 Å². The van der Waals surface area contributed by atoms with E-state index in [4.69, 9.17) is 4.99 Å². The summed E-state index contributed by atoms with van der Waals surface area (Å²) in [6.45, 7) is 0. The molecule has 0 bridgehead atoms. The van der Waals surface area contributed by atoms with E-state index in [1.54, 1.807) is 0 Å². The van der Waals surface area contributed by atoms with Gasteiger partial charge in [0.15, 0.2) is 0 Å². The summed E-state index contributed by atoms with van der Waals surface area (Å²) in [7, 11) is 0. The number of rotatable bonds is 3. The minimum Gasteiger partial charge on any atom is -0.281 e. The number of nitrogens with zero attached hydrogens (tertiary/aromatic N) is 1. The van der Waals surface area contributed by atoms with Gasteiger partial charge in [-0.2, -0.15) is 0 Å². The molecule has 1 fully saturated rings. The van der Waals surface area contributed by atoms with E-state index in [1.165, 1.54) is 64.8 Å². The highest BCUT2D eigenvalue weighted by Gasteiger charge is 2.17. The Morgan fingerprint density at radius 3 is 2.07 bits per heavy atom. The van der Waals surface area contributed by atoms with Gasteiger partial charge in [-0.3, -0.25) is 4.99 Å². The van der Waals surface area contributed by atoms with E-state index in [2.05, 4.69) is 84.9 Å². The molecule has 138 valence electrons. The molecule has 0 amide bonds. The van der Waals surface area contributed by atoms with Crippen molar-refractivity contribution in [3.8, 4) is 0 Å². The molecule has 1 aliphatic rings. The lowest BCUT2D eigenvalue weighted by Gasteiger charge is -2.21. The molecule has 1 nitrogen and oxygen atoms in total. The van der Waals surface area contributed by atoms with Crippen molar-refractivity contribution < 1.29 is 0 Å². The molecular weight excluding hydrogens is 338 g/mol. The molecule has 0 spiro atoms. The van der Waals surface area contributed by atoms with E-state index in [0.717, 1.165) is 5.71 Å². The fraction of sp³-hybridized carbons (Fsp3) is 0.222. The lowest BCUT2D eigenvalue weighted by Crippen LogP contribution is -2.15. The molecule has 0 radical (unpaired) electrons. The Morgan fingerprint density at radius 1 is 0.643 bits per heavy atom. The summed E-state index contributed by atoms with van der Waals surface area (Å²) < 4.78 is 0. The highest BCUT2D eigenvalue weighted by Crippen LogP contribution is 2.31. The molecule has 1 saturated carbocycles. The van der Waals surface area contributed by atoms with Crippen LogP contribution in [0.3, 0.4) is 0 Å². The quantitative estimate of drug-likeness (QED) is 0.270. The van der Waals surface area contributed by atoms with Crippen LogP contribution in [-0.2, 0) is 0 Å².